The van der Waals surface area contributed by atoms with Crippen molar-refractivity contribution < 1.29 is 0 Å². The molecule has 4 aliphatic carbocycles. The molecule has 1 aromatic heterocycles. The lowest BCUT2D eigenvalue weighted by Gasteiger charge is -2.41. The van der Waals surface area contributed by atoms with Gasteiger partial charge in [-0.15, -0.1) is 0 Å². The van der Waals surface area contributed by atoms with Gasteiger partial charge in [0.2, 0.25) is 0 Å². The van der Waals surface area contributed by atoms with Crippen LogP contribution < -0.4 is 0 Å². The summed E-state index contributed by atoms with van der Waals surface area (Å²) in [6, 6.07) is 37.0. The fourth-order valence-corrected chi connectivity index (χ4v) is 8.80. The van der Waals surface area contributed by atoms with Crippen LogP contribution in [-0.4, -0.2) is 15.0 Å². The number of hydrogen-bond acceptors (Lipinski definition) is 3. The average molecular weight is 556 g/mol. The molecule has 4 aliphatic rings. The van der Waals surface area contributed by atoms with E-state index < -0.39 is 0 Å². The number of benzene rings is 4. The second kappa shape index (κ2) is 9.70. The van der Waals surface area contributed by atoms with E-state index in [0.717, 1.165) is 35.4 Å². The molecule has 1 spiro atoms. The molecule has 9 rings (SSSR count). The first-order valence-corrected chi connectivity index (χ1v) is 15.8. The zero-order chi connectivity index (χ0) is 28.4. The van der Waals surface area contributed by atoms with E-state index in [1.165, 1.54) is 47.9 Å². The highest BCUT2D eigenvalue weighted by Crippen LogP contribution is 2.67. The lowest BCUT2D eigenvalue weighted by Crippen LogP contribution is -2.36. The first kappa shape index (κ1) is 24.9. The van der Waals surface area contributed by atoms with E-state index in [1.807, 2.05) is 36.4 Å². The Morgan fingerprint density at radius 2 is 1.26 bits per heavy atom. The molecule has 0 bridgehead atoms. The van der Waals surface area contributed by atoms with Gasteiger partial charge in [-0.05, 0) is 77.0 Å². The van der Waals surface area contributed by atoms with Crippen LogP contribution in [-0.2, 0) is 5.41 Å². The second-order valence-electron chi connectivity index (χ2n) is 12.5. The van der Waals surface area contributed by atoms with Gasteiger partial charge in [-0.1, -0.05) is 122 Å². The van der Waals surface area contributed by atoms with E-state index in [0.29, 0.717) is 23.5 Å². The third-order valence-electron chi connectivity index (χ3n) is 10.4. The highest BCUT2D eigenvalue weighted by atomic mass is 15.0. The van der Waals surface area contributed by atoms with Crippen LogP contribution in [0.1, 0.15) is 66.7 Å². The number of hydrogen-bond donors (Lipinski definition) is 0. The standard InChI is InChI=1S/C40H33N3/c1-3-13-26(14-4-1)37-41-38(27-15-5-2-6-16-27)43-39(42-37)28-23-24-32-31-19-9-12-22-35(31)40(36(32)25-28)33-20-10-7-17-29(33)30-18-8-11-21-34(30)40/h1-8,10,13-18,20,23-25,31,35H,9,11-12,19,21-22H2. The quantitative estimate of drug-likeness (QED) is 0.222. The summed E-state index contributed by atoms with van der Waals surface area (Å²) in [6.07, 6.45) is 12.2. The maximum absolute atomic E-state index is 5.11. The Morgan fingerprint density at radius 3 is 2.00 bits per heavy atom. The first-order valence-electron chi connectivity index (χ1n) is 15.8. The van der Waals surface area contributed by atoms with E-state index in [2.05, 4.69) is 78.9 Å². The van der Waals surface area contributed by atoms with Crippen molar-refractivity contribution in [1.82, 2.24) is 15.0 Å². The summed E-state index contributed by atoms with van der Waals surface area (Å²) in [6.45, 7) is 0. The van der Waals surface area contributed by atoms with Crippen molar-refractivity contribution in [1.29, 1.82) is 0 Å². The van der Waals surface area contributed by atoms with Crippen LogP contribution in [0, 0.1) is 5.92 Å². The summed E-state index contributed by atoms with van der Waals surface area (Å²) < 4.78 is 0. The summed E-state index contributed by atoms with van der Waals surface area (Å²) in [5.74, 6) is 3.36. The van der Waals surface area contributed by atoms with Gasteiger partial charge in [0, 0.05) is 22.1 Å². The largest absolute Gasteiger partial charge is 0.208 e. The van der Waals surface area contributed by atoms with Crippen LogP contribution in [0.2, 0.25) is 0 Å². The van der Waals surface area contributed by atoms with Gasteiger partial charge in [0.25, 0.3) is 0 Å². The van der Waals surface area contributed by atoms with Crippen molar-refractivity contribution in [2.75, 3.05) is 0 Å². The Morgan fingerprint density at radius 1 is 0.605 bits per heavy atom. The fourth-order valence-electron chi connectivity index (χ4n) is 8.80. The van der Waals surface area contributed by atoms with Gasteiger partial charge in [-0.2, -0.15) is 0 Å². The monoisotopic (exact) mass is 555 g/mol. The number of fused-ring (bicyclic) bond motifs is 9. The third kappa shape index (κ3) is 3.64. The van der Waals surface area contributed by atoms with Crippen LogP contribution >= 0.6 is 0 Å². The molecule has 0 N–H and O–H groups in total. The SMILES string of the molecule is C1=CC2=C(CC1)C1(c3ccccc32)c2cc(-c3nc(-c4ccccc4)nc(-c4ccccc4)n3)ccc2C2CCCCC21. The molecule has 0 saturated heterocycles. The number of nitrogens with zero attached hydrogens (tertiary/aromatic N) is 3. The van der Waals surface area contributed by atoms with E-state index in [-0.39, 0.29) is 5.41 Å². The second-order valence-corrected chi connectivity index (χ2v) is 12.5. The number of rotatable bonds is 3. The Labute approximate surface area is 253 Å². The lowest BCUT2D eigenvalue weighted by molar-refractivity contribution is 0.259. The van der Waals surface area contributed by atoms with Crippen molar-refractivity contribution in [3.63, 3.8) is 0 Å². The van der Waals surface area contributed by atoms with E-state index in [4.69, 9.17) is 15.0 Å². The molecule has 3 unspecified atom stereocenters. The fraction of sp³-hybridized carbons (Fsp3) is 0.225. The Balaban J connectivity index is 1.29. The molecule has 1 heterocycles. The van der Waals surface area contributed by atoms with Gasteiger partial charge in [-0.3, -0.25) is 0 Å². The maximum Gasteiger partial charge on any atom is 0.164 e. The van der Waals surface area contributed by atoms with Crippen LogP contribution in [0.15, 0.2) is 121 Å². The minimum Gasteiger partial charge on any atom is -0.208 e. The van der Waals surface area contributed by atoms with Crippen molar-refractivity contribution in [2.24, 2.45) is 5.92 Å². The zero-order valence-corrected chi connectivity index (χ0v) is 24.2. The van der Waals surface area contributed by atoms with Crippen molar-refractivity contribution in [3.05, 3.63) is 143 Å². The molecule has 3 nitrogen and oxygen atoms in total. The third-order valence-corrected chi connectivity index (χ3v) is 10.4. The average Bonchev–Trinajstić information content (AvgIpc) is 3.56. The lowest BCUT2D eigenvalue weighted by atomic mass is 9.61. The van der Waals surface area contributed by atoms with Crippen molar-refractivity contribution in [2.45, 2.75) is 49.9 Å². The molecule has 3 heteroatoms. The number of aromatic nitrogens is 3. The highest BCUT2D eigenvalue weighted by molar-refractivity contribution is 5.90. The van der Waals surface area contributed by atoms with Gasteiger partial charge in [-0.25, -0.2) is 15.0 Å². The minimum absolute atomic E-state index is 0.0648. The van der Waals surface area contributed by atoms with Crippen LogP contribution in [0.3, 0.4) is 0 Å². The molecule has 5 aromatic rings. The van der Waals surface area contributed by atoms with Crippen LogP contribution in [0.4, 0.5) is 0 Å². The molecular formula is C40H33N3. The predicted octanol–water partition coefficient (Wildman–Crippen LogP) is 9.56. The summed E-state index contributed by atoms with van der Waals surface area (Å²) in [7, 11) is 0. The molecule has 0 amide bonds. The van der Waals surface area contributed by atoms with Crippen LogP contribution in [0.25, 0.3) is 39.7 Å². The minimum atomic E-state index is -0.0648. The molecule has 1 fully saturated rings. The summed E-state index contributed by atoms with van der Waals surface area (Å²) in [4.78, 5) is 15.2. The summed E-state index contributed by atoms with van der Waals surface area (Å²) in [5.41, 5.74) is 12.1. The van der Waals surface area contributed by atoms with Crippen molar-refractivity contribution >= 4 is 5.57 Å². The van der Waals surface area contributed by atoms with Gasteiger partial charge in [0.05, 0.1) is 0 Å². The molecule has 208 valence electrons. The number of allylic oxidation sites excluding steroid dienone is 4. The summed E-state index contributed by atoms with van der Waals surface area (Å²) >= 11 is 0. The van der Waals surface area contributed by atoms with Gasteiger partial charge in [0.15, 0.2) is 17.5 Å². The van der Waals surface area contributed by atoms with Gasteiger partial charge >= 0.3 is 0 Å². The molecule has 3 atom stereocenters. The topological polar surface area (TPSA) is 38.7 Å². The molecule has 4 aromatic carbocycles. The van der Waals surface area contributed by atoms with E-state index in [1.54, 1.807) is 11.1 Å². The first-order chi connectivity index (χ1) is 21.3. The Bertz CT molecular complexity index is 1880. The summed E-state index contributed by atoms with van der Waals surface area (Å²) in [5, 5.41) is 0. The highest BCUT2D eigenvalue weighted by Gasteiger charge is 2.58. The van der Waals surface area contributed by atoms with Gasteiger partial charge in [0.1, 0.15) is 0 Å². The Kier molecular flexibility index (Phi) is 5.62. The molecule has 0 aliphatic heterocycles. The van der Waals surface area contributed by atoms with E-state index >= 15 is 0 Å². The van der Waals surface area contributed by atoms with Gasteiger partial charge < -0.3 is 0 Å². The molecule has 1 saturated carbocycles. The molecular weight excluding hydrogens is 522 g/mol. The molecule has 43 heavy (non-hydrogen) atoms. The zero-order valence-electron chi connectivity index (χ0n) is 24.2. The maximum atomic E-state index is 5.11. The van der Waals surface area contributed by atoms with Crippen LogP contribution in [0.5, 0.6) is 0 Å². The molecule has 0 radical (unpaired) electrons. The smallest absolute Gasteiger partial charge is 0.164 e. The predicted molar refractivity (Wildman–Crippen MR) is 173 cm³/mol. The Hall–Kier alpha value is -4.63. The van der Waals surface area contributed by atoms with Crippen molar-refractivity contribution in [3.8, 4) is 34.2 Å². The van der Waals surface area contributed by atoms with E-state index in [9.17, 15) is 0 Å². The normalized spacial score (nSPS) is 23.2.